The molecule has 0 saturated carbocycles. The van der Waals surface area contributed by atoms with Gasteiger partial charge in [0.15, 0.2) is 0 Å². The van der Waals surface area contributed by atoms with Gasteiger partial charge in [0.25, 0.3) is 5.97 Å². The summed E-state index contributed by atoms with van der Waals surface area (Å²) in [6.45, 7) is 5.34. The van der Waals surface area contributed by atoms with Crippen molar-refractivity contribution in [2.75, 3.05) is 13.1 Å². The Morgan fingerprint density at radius 2 is 1.87 bits per heavy atom. The summed E-state index contributed by atoms with van der Waals surface area (Å²) in [5, 5.41) is 15.0. The molecule has 30 heavy (non-hydrogen) atoms. The number of benzene rings is 1. The highest BCUT2D eigenvalue weighted by atomic mass is 16.5. The van der Waals surface area contributed by atoms with Crippen LogP contribution in [0.5, 0.6) is 0 Å². The summed E-state index contributed by atoms with van der Waals surface area (Å²) in [6, 6.07) is 8.64. The van der Waals surface area contributed by atoms with Crippen LogP contribution >= 0.6 is 0 Å². The van der Waals surface area contributed by atoms with Crippen molar-refractivity contribution >= 4 is 5.97 Å². The van der Waals surface area contributed by atoms with Gasteiger partial charge in [0.1, 0.15) is 0 Å². The molecule has 6 heteroatoms. The van der Waals surface area contributed by atoms with Crippen LogP contribution in [-0.2, 0) is 11.2 Å². The van der Waals surface area contributed by atoms with Crippen LogP contribution in [0.25, 0.3) is 11.4 Å². The Labute approximate surface area is 180 Å². The van der Waals surface area contributed by atoms with Gasteiger partial charge in [-0.15, -0.1) is 0 Å². The van der Waals surface area contributed by atoms with Crippen LogP contribution in [0, 0.1) is 0 Å². The van der Waals surface area contributed by atoms with Gasteiger partial charge in [0.05, 0.1) is 5.92 Å². The van der Waals surface area contributed by atoms with Crippen LogP contribution in [0.2, 0.25) is 0 Å². The SMILES string of the molecule is CC(=O)O.CCCCCCCCCCc1cccc(-c2noc([C@@H]3CCNC3)n2)c1. The van der Waals surface area contributed by atoms with Crippen molar-refractivity contribution in [2.45, 2.75) is 84.0 Å². The molecule has 0 bridgehead atoms. The number of hydrogen-bond acceptors (Lipinski definition) is 5. The number of rotatable bonds is 11. The Morgan fingerprint density at radius 3 is 2.53 bits per heavy atom. The van der Waals surface area contributed by atoms with E-state index in [1.54, 1.807) is 0 Å². The van der Waals surface area contributed by atoms with Crippen LogP contribution in [0.3, 0.4) is 0 Å². The molecule has 3 rings (SSSR count). The molecular formula is C24H37N3O3. The zero-order valence-electron chi connectivity index (χ0n) is 18.5. The number of hydrogen-bond donors (Lipinski definition) is 2. The molecule has 2 N–H and O–H groups in total. The van der Waals surface area contributed by atoms with E-state index in [0.29, 0.717) is 5.92 Å². The number of aliphatic carboxylic acids is 1. The maximum atomic E-state index is 9.00. The van der Waals surface area contributed by atoms with E-state index in [-0.39, 0.29) is 0 Å². The van der Waals surface area contributed by atoms with Crippen molar-refractivity contribution < 1.29 is 14.4 Å². The van der Waals surface area contributed by atoms with Gasteiger partial charge < -0.3 is 14.9 Å². The van der Waals surface area contributed by atoms with Gasteiger partial charge in [-0.2, -0.15) is 4.98 Å². The summed E-state index contributed by atoms with van der Waals surface area (Å²) < 4.78 is 5.50. The minimum atomic E-state index is -0.833. The first-order valence-electron chi connectivity index (χ1n) is 11.4. The van der Waals surface area contributed by atoms with Crippen molar-refractivity contribution in [3.8, 4) is 11.4 Å². The lowest BCUT2D eigenvalue weighted by atomic mass is 10.0. The highest BCUT2D eigenvalue weighted by Gasteiger charge is 2.23. The van der Waals surface area contributed by atoms with Gasteiger partial charge in [0.2, 0.25) is 11.7 Å². The number of aromatic nitrogens is 2. The van der Waals surface area contributed by atoms with E-state index in [2.05, 4.69) is 46.6 Å². The molecule has 1 atom stereocenters. The van der Waals surface area contributed by atoms with E-state index in [0.717, 1.165) is 50.1 Å². The lowest BCUT2D eigenvalue weighted by Crippen LogP contribution is -2.08. The summed E-state index contributed by atoms with van der Waals surface area (Å²) in [5.41, 5.74) is 2.45. The maximum Gasteiger partial charge on any atom is 0.300 e. The molecule has 0 spiro atoms. The van der Waals surface area contributed by atoms with Gasteiger partial charge in [0, 0.05) is 19.0 Å². The molecule has 2 aromatic rings. The number of aryl methyl sites for hydroxylation is 1. The number of carboxylic acids is 1. The van der Waals surface area contributed by atoms with Crippen molar-refractivity contribution in [1.82, 2.24) is 15.5 Å². The lowest BCUT2D eigenvalue weighted by molar-refractivity contribution is -0.134. The molecule has 1 aromatic carbocycles. The molecule has 6 nitrogen and oxygen atoms in total. The normalized spacial score (nSPS) is 15.6. The monoisotopic (exact) mass is 415 g/mol. The van der Waals surface area contributed by atoms with Gasteiger partial charge in [-0.05, 0) is 37.4 Å². The number of nitrogens with zero attached hydrogens (tertiary/aromatic N) is 2. The number of unbranched alkanes of at least 4 members (excludes halogenated alkanes) is 7. The Balaban J connectivity index is 0.000000735. The smallest absolute Gasteiger partial charge is 0.300 e. The van der Waals surface area contributed by atoms with Crippen molar-refractivity contribution in [1.29, 1.82) is 0 Å². The average molecular weight is 416 g/mol. The fourth-order valence-electron chi connectivity index (χ4n) is 3.71. The molecule has 0 radical (unpaired) electrons. The van der Waals surface area contributed by atoms with Crippen LogP contribution < -0.4 is 5.32 Å². The minimum absolute atomic E-state index is 0.372. The van der Waals surface area contributed by atoms with Gasteiger partial charge in [-0.25, -0.2) is 0 Å². The molecule has 1 fully saturated rings. The van der Waals surface area contributed by atoms with E-state index >= 15 is 0 Å². The molecule has 0 aliphatic carbocycles. The van der Waals surface area contributed by atoms with Crippen molar-refractivity contribution in [2.24, 2.45) is 0 Å². The van der Waals surface area contributed by atoms with E-state index in [1.807, 2.05) is 0 Å². The summed E-state index contributed by atoms with van der Waals surface area (Å²) in [7, 11) is 0. The van der Waals surface area contributed by atoms with Crippen LogP contribution in [-0.4, -0.2) is 34.3 Å². The molecule has 1 aliphatic rings. The first-order chi connectivity index (χ1) is 14.6. The molecule has 0 unspecified atom stereocenters. The zero-order valence-corrected chi connectivity index (χ0v) is 18.5. The molecule has 1 saturated heterocycles. The zero-order chi connectivity index (χ0) is 21.6. The topological polar surface area (TPSA) is 88.2 Å². The van der Waals surface area contributed by atoms with Gasteiger partial charge >= 0.3 is 0 Å². The van der Waals surface area contributed by atoms with Crippen molar-refractivity contribution in [3.05, 3.63) is 35.7 Å². The molecule has 1 aliphatic heterocycles. The third kappa shape index (κ3) is 9.08. The summed E-state index contributed by atoms with van der Waals surface area (Å²) in [5.74, 6) is 1.04. The largest absolute Gasteiger partial charge is 0.481 e. The fraction of sp³-hybridized carbons (Fsp3) is 0.625. The molecule has 1 aromatic heterocycles. The van der Waals surface area contributed by atoms with E-state index in [9.17, 15) is 0 Å². The molecule has 0 amide bonds. The predicted octanol–water partition coefficient (Wildman–Crippen LogP) is 5.59. The Bertz CT molecular complexity index is 735. The van der Waals surface area contributed by atoms with Crippen LogP contribution in [0.15, 0.2) is 28.8 Å². The molecule has 166 valence electrons. The Morgan fingerprint density at radius 1 is 1.17 bits per heavy atom. The quantitative estimate of drug-likeness (QED) is 0.465. The first kappa shape index (κ1) is 24.1. The fourth-order valence-corrected chi connectivity index (χ4v) is 3.71. The van der Waals surface area contributed by atoms with Crippen LogP contribution in [0.4, 0.5) is 0 Å². The second kappa shape index (κ2) is 13.9. The van der Waals surface area contributed by atoms with E-state index in [4.69, 9.17) is 14.4 Å². The third-order valence-electron chi connectivity index (χ3n) is 5.36. The highest BCUT2D eigenvalue weighted by molar-refractivity contribution is 5.63. The summed E-state index contributed by atoms with van der Waals surface area (Å²) in [6.07, 6.45) is 13.1. The third-order valence-corrected chi connectivity index (χ3v) is 5.36. The van der Waals surface area contributed by atoms with E-state index in [1.165, 1.54) is 56.9 Å². The highest BCUT2D eigenvalue weighted by Crippen LogP contribution is 2.24. The molecule has 2 heterocycles. The number of nitrogens with one attached hydrogen (secondary N) is 1. The minimum Gasteiger partial charge on any atom is -0.481 e. The number of carboxylic acid groups (broad SMARTS) is 1. The van der Waals surface area contributed by atoms with E-state index < -0.39 is 5.97 Å². The first-order valence-corrected chi connectivity index (χ1v) is 11.4. The van der Waals surface area contributed by atoms with Gasteiger partial charge in [-0.3, -0.25) is 4.79 Å². The number of carbonyl (C=O) groups is 1. The maximum absolute atomic E-state index is 9.00. The Kier molecular flexibility index (Phi) is 11.2. The van der Waals surface area contributed by atoms with Crippen molar-refractivity contribution in [3.63, 3.8) is 0 Å². The second-order valence-electron chi connectivity index (χ2n) is 8.09. The second-order valence-corrected chi connectivity index (χ2v) is 8.09. The summed E-state index contributed by atoms with van der Waals surface area (Å²) in [4.78, 5) is 13.6. The lowest BCUT2D eigenvalue weighted by Gasteiger charge is -2.04. The van der Waals surface area contributed by atoms with Gasteiger partial charge in [-0.1, -0.05) is 75.2 Å². The average Bonchev–Trinajstić information content (AvgIpc) is 3.42. The van der Waals surface area contributed by atoms with Crippen LogP contribution in [0.1, 0.15) is 89.0 Å². The Hall–Kier alpha value is -2.21. The standard InChI is InChI=1S/C22H33N3O.C2H4O2/c1-2-3-4-5-6-7-8-9-11-18-12-10-13-19(16-18)21-24-22(26-25-21)20-14-15-23-17-20;1-2(3)4/h10,12-13,16,20,23H,2-9,11,14-15,17H2,1H3;1H3,(H,3,4)/t20-;/m1./s1. The predicted molar refractivity (Wildman–Crippen MR) is 120 cm³/mol. The summed E-state index contributed by atoms with van der Waals surface area (Å²) >= 11 is 0. The molecular weight excluding hydrogens is 378 g/mol.